The van der Waals surface area contributed by atoms with Crippen LogP contribution in [0, 0.1) is 17.8 Å². The number of phenols is 1. The number of aromatic nitrogens is 3. The number of anilines is 3. The molecule has 206 valence electrons. The van der Waals surface area contributed by atoms with Crippen molar-refractivity contribution in [1.29, 1.82) is 0 Å². The number of pyridine rings is 1. The van der Waals surface area contributed by atoms with Crippen molar-refractivity contribution in [1.82, 2.24) is 20.1 Å². The van der Waals surface area contributed by atoms with E-state index in [-0.39, 0.29) is 11.7 Å². The minimum absolute atomic E-state index is 0.151. The fourth-order valence-electron chi connectivity index (χ4n) is 6.20. The molecule has 3 atom stereocenters. The number of nitrogens with zero attached hydrogens (tertiary/aromatic N) is 6. The smallest absolute Gasteiger partial charge is 0.169 e. The topological polar surface area (TPSA) is 112 Å². The lowest BCUT2D eigenvalue weighted by molar-refractivity contribution is -0.122. The summed E-state index contributed by atoms with van der Waals surface area (Å²) < 4.78 is 0. The number of fused-ring (bicyclic) bond motifs is 2. The molecule has 0 aliphatic carbocycles. The molecule has 5 heterocycles. The number of hydrogen-bond acceptors (Lipinski definition) is 9. The Morgan fingerprint density at radius 3 is 2.65 bits per heavy atom. The van der Waals surface area contributed by atoms with Crippen LogP contribution in [0.15, 0.2) is 48.7 Å². The maximum absolute atomic E-state index is 12.0. The zero-order valence-electron chi connectivity index (χ0n) is 22.8. The highest BCUT2D eigenvalue weighted by molar-refractivity contribution is 5.81. The second-order valence-electron chi connectivity index (χ2n) is 11.1. The minimum atomic E-state index is 0.151. The summed E-state index contributed by atoms with van der Waals surface area (Å²) >= 11 is 0. The van der Waals surface area contributed by atoms with Crippen molar-refractivity contribution in [3.63, 3.8) is 0 Å². The Hall–Kier alpha value is -4.16. The fourth-order valence-corrected chi connectivity index (χ4v) is 6.20. The van der Waals surface area contributed by atoms with E-state index in [2.05, 4.69) is 53.9 Å². The number of nitrogens with two attached hydrogens (primary N) is 1. The number of carbonyl (C=O) groups excluding carboxylic acids is 1. The van der Waals surface area contributed by atoms with Gasteiger partial charge in [-0.1, -0.05) is 25.0 Å². The first-order valence-electron chi connectivity index (χ1n) is 14.1. The molecule has 3 fully saturated rings. The van der Waals surface area contributed by atoms with Gasteiger partial charge in [-0.3, -0.25) is 9.69 Å². The molecule has 2 bridgehead atoms. The number of carbonyl (C=O) groups is 1. The average molecular weight is 538 g/mol. The molecule has 9 nitrogen and oxygen atoms in total. The number of ketones is 1. The van der Waals surface area contributed by atoms with Crippen molar-refractivity contribution in [2.45, 2.75) is 44.7 Å². The molecule has 3 aliphatic rings. The van der Waals surface area contributed by atoms with Gasteiger partial charge in [-0.05, 0) is 62.1 Å². The van der Waals surface area contributed by atoms with E-state index in [1.807, 2.05) is 31.3 Å². The van der Waals surface area contributed by atoms with Gasteiger partial charge in [0.2, 0.25) is 0 Å². The predicted octanol–water partition coefficient (Wildman–Crippen LogP) is 3.34. The van der Waals surface area contributed by atoms with Crippen LogP contribution in [-0.2, 0) is 4.79 Å². The average Bonchev–Trinajstić information content (AvgIpc) is 3.12. The number of rotatable bonds is 4. The van der Waals surface area contributed by atoms with Crippen LogP contribution in [0.2, 0.25) is 0 Å². The van der Waals surface area contributed by atoms with Crippen LogP contribution >= 0.6 is 0 Å². The first-order chi connectivity index (χ1) is 19.5. The lowest BCUT2D eigenvalue weighted by Crippen LogP contribution is -2.54. The van der Waals surface area contributed by atoms with E-state index >= 15 is 0 Å². The molecule has 3 aliphatic heterocycles. The van der Waals surface area contributed by atoms with Crippen LogP contribution in [-0.4, -0.2) is 75.8 Å². The SMILES string of the molecule is CC1CCN(CC#Cc2cc(N3C4CCC3CN(c3cc(-c5ccccc5O)nnc3N)C4)ccn2)CCC1=O. The maximum atomic E-state index is 12.0. The highest BCUT2D eigenvalue weighted by atomic mass is 16.3. The molecule has 0 spiro atoms. The van der Waals surface area contributed by atoms with Crippen molar-refractivity contribution >= 4 is 23.0 Å². The Labute approximate surface area is 235 Å². The van der Waals surface area contributed by atoms with Crippen LogP contribution in [0.25, 0.3) is 11.3 Å². The van der Waals surface area contributed by atoms with Crippen LogP contribution in [0.5, 0.6) is 5.75 Å². The van der Waals surface area contributed by atoms with Gasteiger partial charge in [0, 0.05) is 61.5 Å². The van der Waals surface area contributed by atoms with Gasteiger partial charge in [0.1, 0.15) is 17.2 Å². The molecule has 3 N–H and O–H groups in total. The Morgan fingerprint density at radius 2 is 1.85 bits per heavy atom. The van der Waals surface area contributed by atoms with Gasteiger partial charge >= 0.3 is 0 Å². The van der Waals surface area contributed by atoms with Gasteiger partial charge in [0.25, 0.3) is 0 Å². The largest absolute Gasteiger partial charge is 0.507 e. The third-order valence-electron chi connectivity index (χ3n) is 8.47. The lowest BCUT2D eigenvalue weighted by atomic mass is 10.0. The van der Waals surface area contributed by atoms with Crippen molar-refractivity contribution < 1.29 is 9.90 Å². The van der Waals surface area contributed by atoms with Gasteiger partial charge in [0.15, 0.2) is 5.82 Å². The van der Waals surface area contributed by atoms with Crippen molar-refractivity contribution in [3.05, 3.63) is 54.4 Å². The van der Waals surface area contributed by atoms with Crippen LogP contribution < -0.4 is 15.5 Å². The Morgan fingerprint density at radius 1 is 1.05 bits per heavy atom. The lowest BCUT2D eigenvalue weighted by Gasteiger charge is -2.43. The quantitative estimate of drug-likeness (QED) is 0.484. The molecule has 9 heteroatoms. The molecule has 3 saturated heterocycles. The summed E-state index contributed by atoms with van der Waals surface area (Å²) in [4.78, 5) is 23.6. The number of para-hydroxylation sites is 1. The first-order valence-corrected chi connectivity index (χ1v) is 14.1. The van der Waals surface area contributed by atoms with Crippen molar-refractivity contribution in [2.24, 2.45) is 5.92 Å². The minimum Gasteiger partial charge on any atom is -0.507 e. The summed E-state index contributed by atoms with van der Waals surface area (Å²) in [5.74, 6) is 7.62. The van der Waals surface area contributed by atoms with Crippen molar-refractivity contribution in [2.75, 3.05) is 48.3 Å². The second-order valence-corrected chi connectivity index (χ2v) is 11.1. The molecule has 2 aromatic heterocycles. The molecule has 3 aromatic rings. The van der Waals surface area contributed by atoms with Gasteiger partial charge in [0.05, 0.1) is 17.9 Å². The van der Waals surface area contributed by atoms with Gasteiger partial charge in [-0.25, -0.2) is 4.98 Å². The van der Waals surface area contributed by atoms with Crippen LogP contribution in [0.1, 0.15) is 38.3 Å². The standard InChI is InChI=1S/C31H35N7O2/c1-21-11-15-36(16-12-29(21)39)14-4-5-22-17-23(10-13-33-22)38-24-8-9-25(38)20-37(19-24)28-18-27(34-35-31(28)32)26-6-2-3-7-30(26)40/h2-3,6-7,10,13,17-18,21,24-25,40H,8-9,11-12,14-16,19-20H2,1H3,(H2,32,35). The van der Waals surface area contributed by atoms with Crippen LogP contribution in [0.3, 0.4) is 0 Å². The van der Waals surface area contributed by atoms with Gasteiger partial charge in [-0.15, -0.1) is 10.2 Å². The van der Waals surface area contributed by atoms with Gasteiger partial charge in [-0.2, -0.15) is 0 Å². The summed E-state index contributed by atoms with van der Waals surface area (Å²) in [6.45, 7) is 6.01. The monoisotopic (exact) mass is 537 g/mol. The molecule has 0 amide bonds. The normalized spacial score (nSPS) is 23.0. The summed E-state index contributed by atoms with van der Waals surface area (Å²) in [7, 11) is 0. The highest BCUT2D eigenvalue weighted by Crippen LogP contribution is 2.39. The molecule has 3 unspecified atom stereocenters. The first kappa shape index (κ1) is 26.1. The number of hydrogen-bond donors (Lipinski definition) is 2. The predicted molar refractivity (Wildman–Crippen MR) is 156 cm³/mol. The number of Topliss-reactive ketones (excluding diaryl/α,β-unsaturated/α-hetero) is 1. The van der Waals surface area contributed by atoms with Gasteiger partial charge < -0.3 is 20.6 Å². The number of piperazine rings is 1. The maximum Gasteiger partial charge on any atom is 0.169 e. The molecule has 6 rings (SSSR count). The van der Waals surface area contributed by atoms with Crippen molar-refractivity contribution in [3.8, 4) is 28.8 Å². The fraction of sp³-hybridized carbons (Fsp3) is 0.419. The Balaban J connectivity index is 1.16. The van der Waals surface area contributed by atoms with E-state index in [0.29, 0.717) is 47.9 Å². The summed E-state index contributed by atoms with van der Waals surface area (Å²) in [6.07, 6.45) is 5.56. The van der Waals surface area contributed by atoms with E-state index in [4.69, 9.17) is 5.73 Å². The Kier molecular flexibility index (Phi) is 7.27. The van der Waals surface area contributed by atoms with E-state index in [1.54, 1.807) is 12.1 Å². The van der Waals surface area contributed by atoms with E-state index in [0.717, 1.165) is 62.5 Å². The van der Waals surface area contributed by atoms with E-state index in [9.17, 15) is 9.90 Å². The Bertz CT molecular complexity index is 1450. The summed E-state index contributed by atoms with van der Waals surface area (Å²) in [5.41, 5.74) is 10.3. The zero-order chi connectivity index (χ0) is 27.6. The molecular weight excluding hydrogens is 502 g/mol. The third-order valence-corrected chi connectivity index (χ3v) is 8.47. The third kappa shape index (κ3) is 5.32. The highest BCUT2D eigenvalue weighted by Gasteiger charge is 2.40. The zero-order valence-corrected chi connectivity index (χ0v) is 22.8. The molecular formula is C31H35N7O2. The summed E-state index contributed by atoms with van der Waals surface area (Å²) in [6, 6.07) is 13.9. The number of phenolic OH excluding ortho intramolecular Hbond substituents is 1. The molecule has 0 radical (unpaired) electrons. The number of benzene rings is 1. The van der Waals surface area contributed by atoms with E-state index < -0.39 is 0 Å². The molecule has 1 aromatic carbocycles. The number of nitrogen functional groups attached to an aromatic ring is 1. The summed E-state index contributed by atoms with van der Waals surface area (Å²) in [5, 5.41) is 18.8. The second kappa shape index (κ2) is 11.1. The van der Waals surface area contributed by atoms with E-state index in [1.165, 1.54) is 0 Å². The molecule has 0 saturated carbocycles. The number of likely N-dealkylation sites (tertiary alicyclic amines) is 1. The van der Waals surface area contributed by atoms with Crippen LogP contribution in [0.4, 0.5) is 17.2 Å². The molecule has 40 heavy (non-hydrogen) atoms. The number of aromatic hydroxyl groups is 1.